The van der Waals surface area contributed by atoms with Gasteiger partial charge in [0.25, 0.3) is 11.8 Å². The number of carbonyl (C=O) groups is 10. The first-order chi connectivity index (χ1) is 43.0. The summed E-state index contributed by atoms with van der Waals surface area (Å²) in [7, 11) is 4.08. The van der Waals surface area contributed by atoms with Gasteiger partial charge < -0.3 is 51.9 Å². The number of nitrogens with one attached hydrogen (secondary N) is 6. The van der Waals surface area contributed by atoms with Crippen LogP contribution in [-0.2, 0) is 70.7 Å². The Labute approximate surface area is 547 Å². The lowest BCUT2D eigenvalue weighted by Gasteiger charge is -2.27. The zero-order valence-electron chi connectivity index (χ0n) is 52.6. The molecule has 0 bridgehead atoms. The zero-order chi connectivity index (χ0) is 65.9. The molecule has 90 heavy (non-hydrogen) atoms. The lowest BCUT2D eigenvalue weighted by atomic mass is 9.94. The molecule has 3 aromatic carbocycles. The Bertz CT molecular complexity index is 3040. The monoisotopic (exact) mass is 1320 g/mol. The van der Waals surface area contributed by atoms with E-state index in [1.165, 1.54) is 4.90 Å². The highest BCUT2D eigenvalue weighted by atomic mass is 32.2. The number of hydrogen-bond acceptors (Lipinski definition) is 16. The van der Waals surface area contributed by atoms with E-state index < -0.39 is 47.9 Å². The van der Waals surface area contributed by atoms with E-state index in [9.17, 15) is 58.2 Å². The number of amides is 6. The van der Waals surface area contributed by atoms with Gasteiger partial charge in [-0.25, -0.2) is 9.59 Å². The number of carboxylic acid groups (broad SMARTS) is 2. The first-order valence-corrected chi connectivity index (χ1v) is 34.3. The maximum Gasteiger partial charge on any atom is 0.326 e. The van der Waals surface area contributed by atoms with Gasteiger partial charge in [0.15, 0.2) is 16.7 Å². The van der Waals surface area contributed by atoms with Crippen LogP contribution in [0.2, 0.25) is 0 Å². The van der Waals surface area contributed by atoms with Crippen molar-refractivity contribution in [2.24, 2.45) is 5.92 Å². The minimum atomic E-state index is -1.20. The van der Waals surface area contributed by atoms with E-state index in [1.54, 1.807) is 42.6 Å². The Morgan fingerprint density at radius 2 is 1.10 bits per heavy atom. The van der Waals surface area contributed by atoms with Crippen LogP contribution in [-0.4, -0.2) is 182 Å². The van der Waals surface area contributed by atoms with E-state index >= 15 is 0 Å². The predicted octanol–water partition coefficient (Wildman–Crippen LogP) is 6.54. The molecule has 21 nitrogen and oxygen atoms in total. The summed E-state index contributed by atoms with van der Waals surface area (Å²) in [5.74, 6) is -3.97. The number of carboxylic acids is 2. The Hall–Kier alpha value is -6.64. The molecule has 3 aliphatic rings. The Morgan fingerprint density at radius 1 is 0.622 bits per heavy atom. The zero-order valence-corrected chi connectivity index (χ0v) is 55.8. The van der Waals surface area contributed by atoms with Crippen molar-refractivity contribution < 1.29 is 58.2 Å². The number of thioether (sulfide) groups is 2. The topological polar surface area (TPSA) is 293 Å². The lowest BCUT2D eigenvalue weighted by molar-refractivity contribution is -0.142. The molecule has 6 amide bonds. The Kier molecular flexibility index (Phi) is 31.5. The number of unbranched alkanes of at least 4 members (excludes halogenated alkanes) is 2. The molecule has 0 radical (unpaired) electrons. The van der Waals surface area contributed by atoms with Crippen molar-refractivity contribution in [3.05, 3.63) is 99.6 Å². The highest BCUT2D eigenvalue weighted by molar-refractivity contribution is 7.98. The Morgan fingerprint density at radius 3 is 1.53 bits per heavy atom. The fraction of sp³-hybridized carbons (Fsp3) is 0.538. The van der Waals surface area contributed by atoms with Gasteiger partial charge in [0.2, 0.25) is 23.6 Å². The number of rotatable bonds is 35. The highest BCUT2D eigenvalue weighted by Crippen LogP contribution is 2.25. The van der Waals surface area contributed by atoms with Gasteiger partial charge in [0, 0.05) is 101 Å². The number of likely N-dealkylation sites (N-methyl/N-ethyl adjacent to an activating group) is 2. The van der Waals surface area contributed by atoms with Crippen LogP contribution in [0.1, 0.15) is 146 Å². The summed E-state index contributed by atoms with van der Waals surface area (Å²) >= 11 is 13.6. The highest BCUT2D eigenvalue weighted by Gasteiger charge is 2.35. The molecular formula is C65H89N9O12S4. The maximum atomic E-state index is 13.3. The van der Waals surface area contributed by atoms with Crippen LogP contribution in [0.3, 0.4) is 0 Å². The number of ketones is 2. The molecule has 490 valence electrons. The largest absolute Gasteiger partial charge is 0.480 e. The Balaban J connectivity index is 0.000000330. The molecular weight excluding hydrogens is 1230 g/mol. The molecule has 3 aliphatic heterocycles. The van der Waals surface area contributed by atoms with Gasteiger partial charge >= 0.3 is 11.9 Å². The van der Waals surface area contributed by atoms with Crippen molar-refractivity contribution in [2.45, 2.75) is 154 Å². The number of nitrogens with zero attached hydrogens (tertiary/aromatic N) is 3. The predicted molar refractivity (Wildman–Crippen MR) is 360 cm³/mol. The van der Waals surface area contributed by atoms with Crippen molar-refractivity contribution in [1.82, 2.24) is 41.3 Å². The molecule has 1 unspecified atom stereocenters. The van der Waals surface area contributed by atoms with E-state index in [1.807, 2.05) is 82.1 Å². The molecule has 3 heterocycles. The number of carbonyl (C=O) groups excluding carboxylic acids is 8. The molecule has 0 saturated carbocycles. The van der Waals surface area contributed by atoms with Crippen molar-refractivity contribution in [3.8, 4) is 0 Å². The van der Waals surface area contributed by atoms with E-state index in [2.05, 4.69) is 41.7 Å². The summed E-state index contributed by atoms with van der Waals surface area (Å²) in [5, 5.41) is 36.8. The van der Waals surface area contributed by atoms with E-state index in [0.29, 0.717) is 72.8 Å². The molecule has 8 N–H and O–H groups in total. The van der Waals surface area contributed by atoms with Crippen molar-refractivity contribution >= 4 is 123 Å². The third kappa shape index (κ3) is 24.5. The summed E-state index contributed by atoms with van der Waals surface area (Å²) < 4.78 is 0. The number of Topliss-reactive ketones (excluding diaryl/α,β-unsaturated/α-hetero) is 2. The number of anilines is 1. The minimum absolute atomic E-state index is 0.0989. The maximum absolute atomic E-state index is 13.3. The van der Waals surface area contributed by atoms with Crippen LogP contribution in [0.25, 0.3) is 0 Å². The molecule has 0 aliphatic carbocycles. The van der Waals surface area contributed by atoms with Gasteiger partial charge in [-0.3, -0.25) is 43.3 Å². The number of likely N-dealkylation sites (tertiary alicyclic amines) is 1. The summed E-state index contributed by atoms with van der Waals surface area (Å²) in [5.41, 5.74) is 7.35. The third-order valence-corrected chi connectivity index (χ3v) is 17.6. The van der Waals surface area contributed by atoms with E-state index in [4.69, 9.17) is 24.4 Å². The second-order valence-corrected chi connectivity index (χ2v) is 26.3. The quantitative estimate of drug-likeness (QED) is 0.0176. The van der Waals surface area contributed by atoms with Crippen molar-refractivity contribution in [2.75, 3.05) is 69.6 Å². The van der Waals surface area contributed by atoms with Gasteiger partial charge in [0.05, 0.1) is 12.1 Å². The second-order valence-electron chi connectivity index (χ2n) is 23.3. The first-order valence-electron chi connectivity index (χ1n) is 30.7. The van der Waals surface area contributed by atoms with Crippen molar-refractivity contribution in [1.29, 1.82) is 0 Å². The number of thiocarbonyl (C=S) groups is 2. The standard InChI is InChI=1S/C35H47N5O5S3.C30H42N4O7S/c1-23(46)21-24-10-12-26(13-11-24)37-35(47)36-18-5-4-9-30(34(44)45)38-32(42)15-14-31(41)29(17-20-48-3)39-33(43)28-8-6-7-25-22-40(2)19-16-27(25)28;1-19-17-27(37)34(29(19)39)14-5-4-9-24(30(40)41)31-26(36)11-10-25(35)23(13-16-42-3)32-28(38)22-8-6-7-20-18-33(2)15-12-21(20)22/h6-8,10-13,29-30H,4-5,9,14-22H2,1-3H3,(H,38,42)(H,39,43)(H,44,45)(H2,36,37,47);6-8,19,23-24H,4-5,9-18H2,1-3H3,(H,31,36)(H,32,38)(H,40,41)/t29-,30-;19?,23-,24-/m00/s1. The number of benzene rings is 3. The number of aliphatic carboxylic acids is 2. The number of fused-ring (bicyclic) bond motifs is 2. The van der Waals surface area contributed by atoms with E-state index in [0.717, 1.165) is 83.8 Å². The molecule has 0 spiro atoms. The minimum Gasteiger partial charge on any atom is -0.480 e. The van der Waals surface area contributed by atoms with Crippen LogP contribution < -0.4 is 31.9 Å². The summed E-state index contributed by atoms with van der Waals surface area (Å²) in [4.78, 5) is 132. The van der Waals surface area contributed by atoms with Crippen molar-refractivity contribution in [3.63, 3.8) is 0 Å². The van der Waals surface area contributed by atoms with Crippen LogP contribution in [0.15, 0.2) is 60.7 Å². The average Bonchev–Trinajstić information content (AvgIpc) is 1.20. The number of imide groups is 1. The number of hydrogen-bond donors (Lipinski definition) is 8. The second kappa shape index (κ2) is 38.3. The fourth-order valence-electron chi connectivity index (χ4n) is 10.9. The first kappa shape index (κ1) is 74.1. The molecule has 5 atom stereocenters. The normalized spacial score (nSPS) is 15.9. The van der Waals surface area contributed by atoms with Gasteiger partial charge in [-0.2, -0.15) is 23.5 Å². The molecule has 0 aromatic heterocycles. The molecule has 6 rings (SSSR count). The van der Waals surface area contributed by atoms with E-state index in [-0.39, 0.29) is 92.6 Å². The summed E-state index contributed by atoms with van der Waals surface area (Å²) in [6.07, 6.45) is 8.94. The van der Waals surface area contributed by atoms with Gasteiger partial charge in [0.1, 0.15) is 12.1 Å². The molecule has 1 saturated heterocycles. The lowest BCUT2D eigenvalue weighted by Crippen LogP contribution is -2.43. The van der Waals surface area contributed by atoms with Gasteiger partial charge in [-0.05, 0) is 178 Å². The van der Waals surface area contributed by atoms with Crippen LogP contribution >= 0.6 is 48.0 Å². The van der Waals surface area contributed by atoms with Crippen LogP contribution in [0, 0.1) is 5.92 Å². The van der Waals surface area contributed by atoms with Crippen LogP contribution in [0.5, 0.6) is 0 Å². The van der Waals surface area contributed by atoms with Gasteiger partial charge in [-0.1, -0.05) is 55.5 Å². The third-order valence-electron chi connectivity index (χ3n) is 15.9. The van der Waals surface area contributed by atoms with Gasteiger partial charge in [-0.15, -0.1) is 0 Å². The summed E-state index contributed by atoms with van der Waals surface area (Å²) in [6.45, 7) is 7.61. The molecule has 3 aromatic rings. The van der Waals surface area contributed by atoms with Crippen LogP contribution in [0.4, 0.5) is 5.69 Å². The smallest absolute Gasteiger partial charge is 0.326 e. The molecule has 1 fully saturated rings. The summed E-state index contributed by atoms with van der Waals surface area (Å²) in [6, 6.07) is 15.5. The molecule has 25 heteroatoms. The SMILES string of the molecule is CSCC[C@H](NC(=O)c1cccc2c1CCN(C)C2)C(=O)CCC(=O)N[C@@H](CCCCN1C(=O)CC(C)C1=O)C(=O)O.CSCC[C@H](NC(=O)c1cccc2c1CCN(C)C2)C(=O)CCC(=O)N[C@@H](CCCCNC(=S)Nc1ccc(CC(C)=S)cc1)C(=O)O. The fourth-order valence-corrected chi connectivity index (χ4v) is 12.2. The average molecular weight is 1320 g/mol.